The summed E-state index contributed by atoms with van der Waals surface area (Å²) in [6, 6.07) is 28.5. The van der Waals surface area contributed by atoms with Gasteiger partial charge in [-0.2, -0.15) is 0 Å². The number of anilines is 1. The summed E-state index contributed by atoms with van der Waals surface area (Å²) in [6.45, 7) is -0.602. The highest BCUT2D eigenvalue weighted by molar-refractivity contribution is 9.10. The van der Waals surface area contributed by atoms with E-state index in [0.717, 1.165) is 52.0 Å². The van der Waals surface area contributed by atoms with Crippen molar-refractivity contribution in [2.45, 2.75) is 62.0 Å². The number of rotatable bonds is 13. The number of sulfonamides is 1. The summed E-state index contributed by atoms with van der Waals surface area (Å²) < 4.78 is 30.0. The first-order chi connectivity index (χ1) is 23.1. The standard InChI is InChI=1S/C36H37BrN4O6S/c37-29-18-16-28(17-19-29)25-39(34(24-27-10-4-1-5-11-27)36(43)38-30-12-6-2-7-13-30)35(42)26-40(31-20-22-32(23-21-31)41(44)45)48(46,47)33-14-8-3-9-15-33/h1,3-5,8-11,14-23,30,34H,2,6-7,12-13,24-26H2,(H,38,43)/t34-/m1/s1. The van der Waals surface area contributed by atoms with E-state index in [4.69, 9.17) is 0 Å². The lowest BCUT2D eigenvalue weighted by atomic mass is 9.94. The maximum absolute atomic E-state index is 14.6. The second-order valence-corrected chi connectivity index (χ2v) is 14.6. The zero-order valence-corrected chi connectivity index (χ0v) is 28.7. The van der Waals surface area contributed by atoms with Crippen molar-refractivity contribution in [3.05, 3.63) is 135 Å². The van der Waals surface area contributed by atoms with Crippen molar-refractivity contribution >= 4 is 49.1 Å². The highest BCUT2D eigenvalue weighted by Crippen LogP contribution is 2.27. The molecule has 12 heteroatoms. The molecule has 1 fully saturated rings. The number of nitrogens with zero attached hydrogens (tertiary/aromatic N) is 3. The topological polar surface area (TPSA) is 130 Å². The molecule has 1 aliphatic rings. The molecule has 10 nitrogen and oxygen atoms in total. The van der Waals surface area contributed by atoms with Gasteiger partial charge in [-0.3, -0.25) is 24.0 Å². The Bertz CT molecular complexity index is 1800. The largest absolute Gasteiger partial charge is 0.352 e. The molecule has 0 saturated heterocycles. The van der Waals surface area contributed by atoms with Gasteiger partial charge >= 0.3 is 0 Å². The van der Waals surface area contributed by atoms with Gasteiger partial charge < -0.3 is 10.2 Å². The van der Waals surface area contributed by atoms with Crippen LogP contribution in [0.3, 0.4) is 0 Å². The van der Waals surface area contributed by atoms with Gasteiger partial charge in [0.25, 0.3) is 15.7 Å². The number of amides is 2. The lowest BCUT2D eigenvalue weighted by molar-refractivity contribution is -0.384. The van der Waals surface area contributed by atoms with Crippen molar-refractivity contribution in [2.24, 2.45) is 0 Å². The van der Waals surface area contributed by atoms with Crippen LogP contribution in [0.25, 0.3) is 0 Å². The van der Waals surface area contributed by atoms with E-state index in [-0.39, 0.29) is 41.2 Å². The fraction of sp³-hybridized carbons (Fsp3) is 0.278. The van der Waals surface area contributed by atoms with Gasteiger partial charge in [-0.1, -0.05) is 95.9 Å². The van der Waals surface area contributed by atoms with E-state index in [1.165, 1.54) is 41.3 Å². The highest BCUT2D eigenvalue weighted by Gasteiger charge is 2.35. The van der Waals surface area contributed by atoms with Gasteiger partial charge in [-0.15, -0.1) is 0 Å². The molecule has 1 aliphatic carbocycles. The average Bonchev–Trinajstić information content (AvgIpc) is 3.10. The monoisotopic (exact) mass is 732 g/mol. The lowest BCUT2D eigenvalue weighted by Gasteiger charge is -2.35. The maximum atomic E-state index is 14.6. The van der Waals surface area contributed by atoms with E-state index in [9.17, 15) is 28.1 Å². The maximum Gasteiger partial charge on any atom is 0.269 e. The predicted molar refractivity (Wildman–Crippen MR) is 188 cm³/mol. The molecule has 1 atom stereocenters. The molecule has 0 aliphatic heterocycles. The molecule has 250 valence electrons. The summed E-state index contributed by atoms with van der Waals surface area (Å²) in [5, 5.41) is 14.6. The van der Waals surface area contributed by atoms with Crippen molar-refractivity contribution in [1.82, 2.24) is 10.2 Å². The number of halogens is 1. The third-order valence-electron chi connectivity index (χ3n) is 8.45. The Labute approximate surface area is 289 Å². The number of non-ortho nitro benzene ring substituents is 1. The Kier molecular flexibility index (Phi) is 11.6. The fourth-order valence-corrected chi connectivity index (χ4v) is 7.57. The summed E-state index contributed by atoms with van der Waals surface area (Å²) in [5.41, 5.74) is 1.45. The van der Waals surface area contributed by atoms with Crippen LogP contribution in [0.4, 0.5) is 11.4 Å². The molecule has 2 amide bonds. The summed E-state index contributed by atoms with van der Waals surface area (Å²) in [4.78, 5) is 41.0. The van der Waals surface area contributed by atoms with Gasteiger partial charge in [0.1, 0.15) is 12.6 Å². The molecule has 1 N–H and O–H groups in total. The van der Waals surface area contributed by atoms with Crippen molar-refractivity contribution in [1.29, 1.82) is 0 Å². The zero-order valence-electron chi connectivity index (χ0n) is 26.3. The third-order valence-corrected chi connectivity index (χ3v) is 10.8. The van der Waals surface area contributed by atoms with E-state index < -0.39 is 33.4 Å². The Balaban J connectivity index is 1.56. The van der Waals surface area contributed by atoms with Crippen LogP contribution in [0.5, 0.6) is 0 Å². The van der Waals surface area contributed by atoms with Gasteiger partial charge in [0, 0.05) is 35.6 Å². The van der Waals surface area contributed by atoms with Crippen LogP contribution in [0.15, 0.2) is 119 Å². The Morgan fingerprint density at radius 1 is 0.833 bits per heavy atom. The minimum absolute atomic E-state index is 0.00998. The van der Waals surface area contributed by atoms with Gasteiger partial charge in [0.2, 0.25) is 11.8 Å². The van der Waals surface area contributed by atoms with Gasteiger partial charge in [-0.25, -0.2) is 8.42 Å². The van der Waals surface area contributed by atoms with E-state index >= 15 is 0 Å². The highest BCUT2D eigenvalue weighted by atomic mass is 79.9. The van der Waals surface area contributed by atoms with Gasteiger partial charge in [-0.05, 0) is 60.4 Å². The van der Waals surface area contributed by atoms with Crippen molar-refractivity contribution in [2.75, 3.05) is 10.8 Å². The van der Waals surface area contributed by atoms with Crippen LogP contribution < -0.4 is 9.62 Å². The van der Waals surface area contributed by atoms with E-state index in [1.54, 1.807) is 18.2 Å². The lowest BCUT2D eigenvalue weighted by Crippen LogP contribution is -2.55. The number of nitro benzene ring substituents is 1. The minimum atomic E-state index is -4.31. The van der Waals surface area contributed by atoms with Crippen LogP contribution in [0, 0.1) is 10.1 Å². The van der Waals surface area contributed by atoms with Crippen molar-refractivity contribution in [3.63, 3.8) is 0 Å². The number of nitro groups is 1. The molecule has 5 rings (SSSR count). The van der Waals surface area contributed by atoms with E-state index in [1.807, 2.05) is 54.6 Å². The number of carbonyl (C=O) groups excluding carboxylic acids is 2. The SMILES string of the molecule is O=C(NC1CCCCC1)[C@@H](Cc1ccccc1)N(Cc1ccc(Br)cc1)C(=O)CN(c1ccc([N+](=O)[O-])cc1)S(=O)(=O)c1ccccc1. The summed E-state index contributed by atoms with van der Waals surface area (Å²) in [6.07, 6.45) is 5.06. The molecular formula is C36H37BrN4O6S. The first-order valence-electron chi connectivity index (χ1n) is 15.8. The summed E-state index contributed by atoms with van der Waals surface area (Å²) in [7, 11) is -4.31. The second-order valence-electron chi connectivity index (χ2n) is 11.8. The normalized spacial score (nSPS) is 14.1. The molecular weight excluding hydrogens is 696 g/mol. The van der Waals surface area contributed by atoms with Crippen LogP contribution in [0.1, 0.15) is 43.2 Å². The predicted octanol–water partition coefficient (Wildman–Crippen LogP) is 6.64. The number of carbonyl (C=O) groups is 2. The molecule has 0 radical (unpaired) electrons. The molecule has 48 heavy (non-hydrogen) atoms. The van der Waals surface area contributed by atoms with E-state index in [2.05, 4.69) is 21.2 Å². The van der Waals surface area contributed by atoms with Crippen LogP contribution in [-0.2, 0) is 32.6 Å². The van der Waals surface area contributed by atoms with Crippen LogP contribution in [0.2, 0.25) is 0 Å². The van der Waals surface area contributed by atoms with Gasteiger partial charge in [0.15, 0.2) is 0 Å². The molecule has 0 aromatic heterocycles. The zero-order chi connectivity index (χ0) is 34.1. The molecule has 0 heterocycles. The molecule has 1 saturated carbocycles. The Hall–Kier alpha value is -4.55. The first-order valence-corrected chi connectivity index (χ1v) is 18.1. The fourth-order valence-electron chi connectivity index (χ4n) is 5.87. The van der Waals surface area contributed by atoms with Crippen molar-refractivity contribution in [3.8, 4) is 0 Å². The summed E-state index contributed by atoms with van der Waals surface area (Å²) >= 11 is 3.45. The minimum Gasteiger partial charge on any atom is -0.352 e. The van der Waals surface area contributed by atoms with Crippen molar-refractivity contribution < 1.29 is 22.9 Å². The quantitative estimate of drug-likeness (QED) is 0.121. The second kappa shape index (κ2) is 16.0. The number of hydrogen-bond acceptors (Lipinski definition) is 6. The van der Waals surface area contributed by atoms with Gasteiger partial charge in [0.05, 0.1) is 15.5 Å². The third kappa shape index (κ3) is 8.87. The molecule has 0 bridgehead atoms. The Morgan fingerprint density at radius 3 is 2.04 bits per heavy atom. The molecule has 0 spiro atoms. The van der Waals surface area contributed by atoms with Crippen LogP contribution >= 0.6 is 15.9 Å². The number of benzene rings is 4. The smallest absolute Gasteiger partial charge is 0.269 e. The molecule has 4 aromatic carbocycles. The first kappa shape index (κ1) is 34.8. The van der Waals surface area contributed by atoms with Crippen LogP contribution in [-0.4, -0.2) is 48.7 Å². The molecule has 0 unspecified atom stereocenters. The average molecular weight is 734 g/mol. The molecule has 4 aromatic rings. The number of nitrogens with one attached hydrogen (secondary N) is 1. The number of hydrogen-bond donors (Lipinski definition) is 1. The Morgan fingerprint density at radius 2 is 1.44 bits per heavy atom. The van der Waals surface area contributed by atoms with E-state index in [0.29, 0.717) is 0 Å². The summed E-state index contributed by atoms with van der Waals surface area (Å²) in [5.74, 6) is -0.903.